The first-order valence-electron chi connectivity index (χ1n) is 8.71. The maximum Gasteiger partial charge on any atom is 0.236 e. The number of nitrogens with zero attached hydrogens (tertiary/aromatic N) is 2. The molecule has 6 heteroatoms. The van der Waals surface area contributed by atoms with Crippen LogP contribution in [0.5, 0.6) is 0 Å². The van der Waals surface area contributed by atoms with Crippen LogP contribution >= 0.6 is 0 Å². The molecule has 0 bridgehead atoms. The van der Waals surface area contributed by atoms with Gasteiger partial charge in [0, 0.05) is 39.9 Å². The smallest absolute Gasteiger partial charge is 0.236 e. The quantitative estimate of drug-likeness (QED) is 0.806. The molecule has 2 aliphatic rings. The molecular weight excluding hydrogens is 296 g/mol. The van der Waals surface area contributed by atoms with Crippen molar-refractivity contribution in [3.8, 4) is 0 Å². The second-order valence-corrected chi connectivity index (χ2v) is 7.29. The Morgan fingerprint density at radius 2 is 1.91 bits per heavy atom. The molecule has 0 aromatic rings. The Morgan fingerprint density at radius 1 is 1.26 bits per heavy atom. The Labute approximate surface area is 139 Å². The minimum Gasteiger partial charge on any atom is -0.389 e. The van der Waals surface area contributed by atoms with Crippen LogP contribution in [0.3, 0.4) is 0 Å². The van der Waals surface area contributed by atoms with E-state index in [-0.39, 0.29) is 24.0 Å². The van der Waals surface area contributed by atoms with E-state index in [1.54, 1.807) is 7.11 Å². The predicted octanol–water partition coefficient (Wildman–Crippen LogP) is 0.732. The molecule has 0 aromatic heterocycles. The fourth-order valence-electron chi connectivity index (χ4n) is 3.71. The molecule has 2 rings (SSSR count). The molecule has 134 valence electrons. The van der Waals surface area contributed by atoms with Crippen molar-refractivity contribution in [3.05, 3.63) is 0 Å². The minimum atomic E-state index is -0.669. The molecule has 0 unspecified atom stereocenters. The molecular formula is C17H32N2O4. The van der Waals surface area contributed by atoms with E-state index in [0.717, 1.165) is 13.1 Å². The van der Waals surface area contributed by atoms with E-state index in [0.29, 0.717) is 39.1 Å². The van der Waals surface area contributed by atoms with Gasteiger partial charge in [0.25, 0.3) is 0 Å². The minimum absolute atomic E-state index is 0.0992. The van der Waals surface area contributed by atoms with Crippen molar-refractivity contribution in [1.29, 1.82) is 0 Å². The lowest BCUT2D eigenvalue weighted by Crippen LogP contribution is -2.55. The average Bonchev–Trinajstić information content (AvgIpc) is 2.48. The van der Waals surface area contributed by atoms with Crippen LogP contribution in [0.25, 0.3) is 0 Å². The summed E-state index contributed by atoms with van der Waals surface area (Å²) in [6.45, 7) is 9.93. The Hall–Kier alpha value is -0.690. The lowest BCUT2D eigenvalue weighted by molar-refractivity contribution is -0.146. The van der Waals surface area contributed by atoms with Gasteiger partial charge in [0.15, 0.2) is 0 Å². The lowest BCUT2D eigenvalue weighted by atomic mass is 9.80. The average molecular weight is 328 g/mol. The highest BCUT2D eigenvalue weighted by molar-refractivity contribution is 5.78. The van der Waals surface area contributed by atoms with Crippen molar-refractivity contribution < 1.29 is 19.4 Å². The van der Waals surface area contributed by atoms with E-state index >= 15 is 0 Å². The molecule has 1 amide bonds. The van der Waals surface area contributed by atoms with Gasteiger partial charge in [0.2, 0.25) is 5.91 Å². The maximum atomic E-state index is 12.5. The van der Waals surface area contributed by atoms with Gasteiger partial charge in [-0.15, -0.1) is 0 Å². The SMILES string of the molecule is COCC[C@]1(O)CCN(CC(=O)N2C[C@@H](C)O[C@@H](C)C2)C[C@H]1C. The van der Waals surface area contributed by atoms with Gasteiger partial charge in [-0.3, -0.25) is 9.69 Å². The molecule has 2 fully saturated rings. The van der Waals surface area contributed by atoms with Crippen LogP contribution in [-0.2, 0) is 14.3 Å². The number of amides is 1. The van der Waals surface area contributed by atoms with Gasteiger partial charge in [-0.2, -0.15) is 0 Å². The molecule has 2 aliphatic heterocycles. The van der Waals surface area contributed by atoms with E-state index in [1.165, 1.54) is 0 Å². The molecule has 23 heavy (non-hydrogen) atoms. The molecule has 4 atom stereocenters. The van der Waals surface area contributed by atoms with E-state index in [1.807, 2.05) is 18.7 Å². The van der Waals surface area contributed by atoms with Crippen LogP contribution in [0.15, 0.2) is 0 Å². The van der Waals surface area contributed by atoms with Crippen LogP contribution < -0.4 is 0 Å². The van der Waals surface area contributed by atoms with Crippen molar-refractivity contribution in [2.75, 3.05) is 46.4 Å². The number of ether oxygens (including phenoxy) is 2. The zero-order valence-corrected chi connectivity index (χ0v) is 15.0. The summed E-state index contributed by atoms with van der Waals surface area (Å²) < 4.78 is 10.8. The summed E-state index contributed by atoms with van der Waals surface area (Å²) in [7, 11) is 1.66. The monoisotopic (exact) mass is 328 g/mol. The zero-order valence-electron chi connectivity index (χ0n) is 15.0. The van der Waals surface area contributed by atoms with Crippen molar-refractivity contribution in [3.63, 3.8) is 0 Å². The molecule has 0 aromatic carbocycles. The largest absolute Gasteiger partial charge is 0.389 e. The molecule has 0 spiro atoms. The highest BCUT2D eigenvalue weighted by Gasteiger charge is 2.39. The third-order valence-corrected chi connectivity index (χ3v) is 5.18. The van der Waals surface area contributed by atoms with Gasteiger partial charge in [0.1, 0.15) is 0 Å². The molecule has 0 radical (unpaired) electrons. The Kier molecular flexibility index (Phi) is 6.42. The molecule has 1 N–H and O–H groups in total. The summed E-state index contributed by atoms with van der Waals surface area (Å²) in [5.74, 6) is 0.309. The highest BCUT2D eigenvalue weighted by Crippen LogP contribution is 2.30. The van der Waals surface area contributed by atoms with Crippen molar-refractivity contribution >= 4 is 5.91 Å². The number of piperidine rings is 1. The number of likely N-dealkylation sites (tertiary alicyclic amines) is 1. The van der Waals surface area contributed by atoms with Gasteiger partial charge in [0.05, 0.1) is 24.4 Å². The van der Waals surface area contributed by atoms with E-state index in [4.69, 9.17) is 9.47 Å². The number of hydrogen-bond donors (Lipinski definition) is 1. The topological polar surface area (TPSA) is 62.2 Å². The Bertz CT molecular complexity index is 396. The van der Waals surface area contributed by atoms with Crippen LogP contribution in [0, 0.1) is 5.92 Å². The van der Waals surface area contributed by atoms with Gasteiger partial charge in [-0.05, 0) is 32.6 Å². The number of aliphatic hydroxyl groups is 1. The standard InChI is InChI=1S/C17H32N2O4/c1-13-9-18(7-5-17(13,21)6-8-22-4)12-16(20)19-10-14(2)23-15(3)11-19/h13-15,21H,5-12H2,1-4H3/t13-,14-,15+,17-/m1/s1. The van der Waals surface area contributed by atoms with Crippen molar-refractivity contribution in [1.82, 2.24) is 9.80 Å². The van der Waals surface area contributed by atoms with Crippen LogP contribution in [0.4, 0.5) is 0 Å². The summed E-state index contributed by atoms with van der Waals surface area (Å²) in [5.41, 5.74) is -0.669. The maximum absolute atomic E-state index is 12.5. The van der Waals surface area contributed by atoms with Crippen LogP contribution in [0.1, 0.15) is 33.6 Å². The van der Waals surface area contributed by atoms with Gasteiger partial charge in [-0.1, -0.05) is 6.92 Å². The van der Waals surface area contributed by atoms with Crippen LogP contribution in [-0.4, -0.2) is 85.1 Å². The lowest BCUT2D eigenvalue weighted by Gasteiger charge is -2.44. The van der Waals surface area contributed by atoms with E-state index in [2.05, 4.69) is 11.8 Å². The number of carbonyl (C=O) groups excluding carboxylic acids is 1. The summed E-state index contributed by atoms with van der Waals surface area (Å²) in [5, 5.41) is 10.7. The molecule has 0 saturated carbocycles. The van der Waals surface area contributed by atoms with Crippen molar-refractivity contribution in [2.45, 2.75) is 51.4 Å². The normalized spacial score (nSPS) is 36.2. The molecule has 0 aliphatic carbocycles. The van der Waals surface area contributed by atoms with Crippen molar-refractivity contribution in [2.24, 2.45) is 5.92 Å². The van der Waals surface area contributed by atoms with Crippen LogP contribution in [0.2, 0.25) is 0 Å². The number of carbonyl (C=O) groups is 1. The first-order valence-corrected chi connectivity index (χ1v) is 8.71. The predicted molar refractivity (Wildman–Crippen MR) is 88.3 cm³/mol. The number of methoxy groups -OCH3 is 1. The molecule has 2 heterocycles. The second-order valence-electron chi connectivity index (χ2n) is 7.29. The van der Waals surface area contributed by atoms with Gasteiger partial charge < -0.3 is 19.5 Å². The third-order valence-electron chi connectivity index (χ3n) is 5.18. The summed E-state index contributed by atoms with van der Waals surface area (Å²) in [6, 6.07) is 0. The third kappa shape index (κ3) is 4.89. The fraction of sp³-hybridized carbons (Fsp3) is 0.941. The first-order chi connectivity index (χ1) is 10.8. The second kappa shape index (κ2) is 7.92. The molecule has 6 nitrogen and oxygen atoms in total. The van der Waals surface area contributed by atoms with Gasteiger partial charge >= 0.3 is 0 Å². The zero-order chi connectivity index (χ0) is 17.0. The summed E-state index contributed by atoms with van der Waals surface area (Å²) in [6.07, 6.45) is 1.55. The van der Waals surface area contributed by atoms with Gasteiger partial charge in [-0.25, -0.2) is 0 Å². The first kappa shape index (κ1) is 18.6. The number of hydrogen-bond acceptors (Lipinski definition) is 5. The number of rotatable bonds is 5. The van der Waals surface area contributed by atoms with E-state index in [9.17, 15) is 9.90 Å². The molecule has 2 saturated heterocycles. The Morgan fingerprint density at radius 3 is 2.48 bits per heavy atom. The number of morpholine rings is 1. The fourth-order valence-corrected chi connectivity index (χ4v) is 3.71. The summed E-state index contributed by atoms with van der Waals surface area (Å²) >= 11 is 0. The highest BCUT2D eigenvalue weighted by atomic mass is 16.5. The Balaban J connectivity index is 1.84. The van der Waals surface area contributed by atoms with E-state index < -0.39 is 5.60 Å². The summed E-state index contributed by atoms with van der Waals surface area (Å²) in [4.78, 5) is 16.6.